The fourth-order valence-corrected chi connectivity index (χ4v) is 0.895. The summed E-state index contributed by atoms with van der Waals surface area (Å²) < 4.78 is 0. The zero-order valence-corrected chi connectivity index (χ0v) is 7.02. The first-order valence-corrected chi connectivity index (χ1v) is 3.50. The molecule has 1 aromatic rings. The van der Waals surface area contributed by atoms with Crippen molar-refractivity contribution in [3.63, 3.8) is 0 Å². The van der Waals surface area contributed by atoms with Gasteiger partial charge in [0.1, 0.15) is 0 Å². The van der Waals surface area contributed by atoms with Crippen molar-refractivity contribution in [2.75, 3.05) is 12.2 Å². The minimum atomic E-state index is -0.163. The van der Waals surface area contributed by atoms with Crippen LogP contribution in [0.4, 0.5) is 5.69 Å². The van der Waals surface area contributed by atoms with E-state index in [1.807, 2.05) is 0 Å². The predicted molar refractivity (Wildman–Crippen MR) is 44.4 cm³/mol. The molecular weight excluding hydrogens is 156 g/mol. The van der Waals surface area contributed by atoms with Crippen molar-refractivity contribution >= 4 is 11.6 Å². The standard InChI is InChI=1S/C8H10N2O2/c1-7(11)10(12-2)8-3-5-9-6-4-8/h3-6H,1-2H3. The highest BCUT2D eigenvalue weighted by molar-refractivity contribution is 5.89. The largest absolute Gasteiger partial charge is 0.273 e. The summed E-state index contributed by atoms with van der Waals surface area (Å²) in [7, 11) is 1.45. The quantitative estimate of drug-likeness (QED) is 0.615. The minimum absolute atomic E-state index is 0.163. The topological polar surface area (TPSA) is 42.4 Å². The molecule has 1 amide bonds. The molecule has 0 saturated carbocycles. The average Bonchev–Trinajstić information content (AvgIpc) is 2.07. The molecule has 0 N–H and O–H groups in total. The van der Waals surface area contributed by atoms with Crippen molar-refractivity contribution in [3.05, 3.63) is 24.5 Å². The normalized spacial score (nSPS) is 9.50. The van der Waals surface area contributed by atoms with Crippen LogP contribution in [-0.4, -0.2) is 18.0 Å². The first-order chi connectivity index (χ1) is 5.75. The highest BCUT2D eigenvalue weighted by atomic mass is 16.7. The fourth-order valence-electron chi connectivity index (χ4n) is 0.895. The summed E-state index contributed by atoms with van der Waals surface area (Å²) in [5, 5.41) is 1.20. The van der Waals surface area contributed by atoms with E-state index in [4.69, 9.17) is 4.84 Å². The fraction of sp³-hybridized carbons (Fsp3) is 0.250. The van der Waals surface area contributed by atoms with Gasteiger partial charge in [0.05, 0.1) is 12.8 Å². The van der Waals surface area contributed by atoms with E-state index in [0.29, 0.717) is 5.69 Å². The first-order valence-electron chi connectivity index (χ1n) is 3.50. The number of hydrogen-bond acceptors (Lipinski definition) is 3. The molecule has 0 aliphatic heterocycles. The lowest BCUT2D eigenvalue weighted by molar-refractivity contribution is -0.122. The number of rotatable bonds is 2. The van der Waals surface area contributed by atoms with Gasteiger partial charge in [0.2, 0.25) is 5.91 Å². The van der Waals surface area contributed by atoms with Crippen molar-refractivity contribution < 1.29 is 9.63 Å². The molecule has 12 heavy (non-hydrogen) atoms. The van der Waals surface area contributed by atoms with Crippen molar-refractivity contribution in [1.29, 1.82) is 0 Å². The third kappa shape index (κ3) is 1.79. The van der Waals surface area contributed by atoms with E-state index >= 15 is 0 Å². The molecule has 0 aliphatic rings. The van der Waals surface area contributed by atoms with Gasteiger partial charge in [-0.2, -0.15) is 5.06 Å². The molecule has 1 aromatic heterocycles. The van der Waals surface area contributed by atoms with E-state index < -0.39 is 0 Å². The average molecular weight is 166 g/mol. The van der Waals surface area contributed by atoms with Gasteiger partial charge < -0.3 is 0 Å². The Labute approximate surface area is 70.7 Å². The van der Waals surface area contributed by atoms with Crippen LogP contribution < -0.4 is 5.06 Å². The Balaban J connectivity index is 2.88. The van der Waals surface area contributed by atoms with Crippen LogP contribution in [0.1, 0.15) is 6.92 Å². The Morgan fingerprint density at radius 3 is 2.50 bits per heavy atom. The van der Waals surface area contributed by atoms with Crippen LogP contribution in [0, 0.1) is 0 Å². The van der Waals surface area contributed by atoms with Crippen LogP contribution in [0.2, 0.25) is 0 Å². The van der Waals surface area contributed by atoms with Crippen LogP contribution in [-0.2, 0) is 9.63 Å². The van der Waals surface area contributed by atoms with E-state index in [0.717, 1.165) is 0 Å². The monoisotopic (exact) mass is 166 g/mol. The summed E-state index contributed by atoms with van der Waals surface area (Å²) in [6.45, 7) is 1.43. The Bertz CT molecular complexity index is 261. The molecule has 4 nitrogen and oxygen atoms in total. The van der Waals surface area contributed by atoms with Crippen LogP contribution in [0.15, 0.2) is 24.5 Å². The molecule has 0 saturated heterocycles. The van der Waals surface area contributed by atoms with Gasteiger partial charge in [-0.3, -0.25) is 14.6 Å². The second kappa shape index (κ2) is 3.82. The lowest BCUT2D eigenvalue weighted by Gasteiger charge is -2.16. The number of carbonyl (C=O) groups excluding carboxylic acids is 1. The second-order valence-corrected chi connectivity index (χ2v) is 2.20. The number of hydrogen-bond donors (Lipinski definition) is 0. The van der Waals surface area contributed by atoms with E-state index in [9.17, 15) is 4.79 Å². The molecule has 1 rings (SSSR count). The second-order valence-electron chi connectivity index (χ2n) is 2.20. The molecule has 0 atom stereocenters. The summed E-state index contributed by atoms with van der Waals surface area (Å²) >= 11 is 0. The molecular formula is C8H10N2O2. The van der Waals surface area contributed by atoms with Gasteiger partial charge in [0.15, 0.2) is 0 Å². The van der Waals surface area contributed by atoms with Gasteiger partial charge in [0, 0.05) is 19.3 Å². The van der Waals surface area contributed by atoms with Crippen LogP contribution in [0.5, 0.6) is 0 Å². The van der Waals surface area contributed by atoms with Crippen molar-refractivity contribution in [3.8, 4) is 0 Å². The molecule has 0 radical (unpaired) electrons. The lowest BCUT2D eigenvalue weighted by atomic mass is 10.4. The third-order valence-electron chi connectivity index (χ3n) is 1.37. The number of hydroxylamine groups is 1. The molecule has 0 aliphatic carbocycles. The smallest absolute Gasteiger partial charge is 0.247 e. The van der Waals surface area contributed by atoms with Crippen molar-refractivity contribution in [2.45, 2.75) is 6.92 Å². The van der Waals surface area contributed by atoms with Crippen molar-refractivity contribution in [2.24, 2.45) is 0 Å². The predicted octanol–water partition coefficient (Wildman–Crippen LogP) is 0.996. The molecule has 0 spiro atoms. The van der Waals surface area contributed by atoms with Crippen LogP contribution >= 0.6 is 0 Å². The lowest BCUT2D eigenvalue weighted by Crippen LogP contribution is -2.26. The van der Waals surface area contributed by atoms with Gasteiger partial charge in [0.25, 0.3) is 0 Å². The summed E-state index contributed by atoms with van der Waals surface area (Å²) in [6.07, 6.45) is 3.20. The summed E-state index contributed by atoms with van der Waals surface area (Å²) in [4.78, 5) is 19.6. The maximum atomic E-state index is 11.0. The minimum Gasteiger partial charge on any atom is -0.273 e. The zero-order valence-electron chi connectivity index (χ0n) is 7.02. The van der Waals surface area contributed by atoms with E-state index in [1.54, 1.807) is 24.5 Å². The van der Waals surface area contributed by atoms with Gasteiger partial charge in [-0.05, 0) is 12.1 Å². The molecule has 1 heterocycles. The molecule has 0 bridgehead atoms. The van der Waals surface area contributed by atoms with Gasteiger partial charge in [-0.25, -0.2) is 0 Å². The maximum Gasteiger partial charge on any atom is 0.247 e. The van der Waals surface area contributed by atoms with Crippen molar-refractivity contribution in [1.82, 2.24) is 4.98 Å². The first kappa shape index (κ1) is 8.67. The molecule has 0 aromatic carbocycles. The number of amides is 1. The summed E-state index contributed by atoms with van der Waals surface area (Å²) in [6, 6.07) is 3.40. The molecule has 0 fully saturated rings. The maximum absolute atomic E-state index is 11.0. The number of carbonyl (C=O) groups is 1. The summed E-state index contributed by atoms with van der Waals surface area (Å²) in [5.74, 6) is -0.163. The highest BCUT2D eigenvalue weighted by Crippen LogP contribution is 2.11. The van der Waals surface area contributed by atoms with E-state index in [-0.39, 0.29) is 5.91 Å². The Kier molecular flexibility index (Phi) is 2.76. The SMILES string of the molecule is CON(C(C)=O)c1ccncc1. The zero-order chi connectivity index (χ0) is 8.97. The number of pyridine rings is 1. The van der Waals surface area contributed by atoms with Gasteiger partial charge >= 0.3 is 0 Å². The molecule has 64 valence electrons. The number of aromatic nitrogens is 1. The summed E-state index contributed by atoms with van der Waals surface area (Å²) in [5.41, 5.74) is 0.681. The number of anilines is 1. The Hall–Kier alpha value is -1.42. The molecule has 0 unspecified atom stereocenters. The van der Waals surface area contributed by atoms with Gasteiger partial charge in [-0.15, -0.1) is 0 Å². The third-order valence-corrected chi connectivity index (χ3v) is 1.37. The van der Waals surface area contributed by atoms with E-state index in [2.05, 4.69) is 4.98 Å². The number of nitrogens with zero attached hydrogens (tertiary/aromatic N) is 2. The van der Waals surface area contributed by atoms with Crippen LogP contribution in [0.3, 0.4) is 0 Å². The Morgan fingerprint density at radius 2 is 2.08 bits per heavy atom. The van der Waals surface area contributed by atoms with Gasteiger partial charge in [-0.1, -0.05) is 0 Å². The molecule has 4 heteroatoms. The Morgan fingerprint density at radius 1 is 1.50 bits per heavy atom. The van der Waals surface area contributed by atoms with Crippen LogP contribution in [0.25, 0.3) is 0 Å². The van der Waals surface area contributed by atoms with E-state index in [1.165, 1.54) is 19.1 Å². The highest BCUT2D eigenvalue weighted by Gasteiger charge is 2.08.